The molecule has 0 aliphatic carbocycles. The summed E-state index contributed by atoms with van der Waals surface area (Å²) in [5.41, 5.74) is 6.74. The van der Waals surface area contributed by atoms with Crippen molar-refractivity contribution in [2.24, 2.45) is 5.73 Å². The minimum atomic E-state index is -0.404. The number of hydrogen-bond donors (Lipinski definition) is 1. The lowest BCUT2D eigenvalue weighted by molar-refractivity contribution is -0.118. The Bertz CT molecular complexity index is 591. The van der Waals surface area contributed by atoms with Crippen molar-refractivity contribution in [1.82, 2.24) is 9.55 Å². The molecule has 1 aromatic carbocycles. The van der Waals surface area contributed by atoms with Gasteiger partial charge in [-0.1, -0.05) is 0 Å². The summed E-state index contributed by atoms with van der Waals surface area (Å²) in [7, 11) is 0. The number of ether oxygens (including phenoxy) is 2. The predicted octanol–water partition coefficient (Wildman–Crippen LogP) is 0.293. The highest BCUT2D eigenvalue weighted by atomic mass is 16.6. The normalized spacial score (nSPS) is 13.9. The summed E-state index contributed by atoms with van der Waals surface area (Å²) >= 11 is 0. The molecule has 0 unspecified atom stereocenters. The van der Waals surface area contributed by atoms with Crippen LogP contribution in [0.25, 0.3) is 11.0 Å². The molecule has 6 heteroatoms. The quantitative estimate of drug-likeness (QED) is 0.808. The van der Waals surface area contributed by atoms with Crippen LogP contribution < -0.4 is 15.2 Å². The molecule has 1 aliphatic heterocycles. The largest absolute Gasteiger partial charge is 0.486 e. The van der Waals surface area contributed by atoms with Crippen LogP contribution in [0.3, 0.4) is 0 Å². The Morgan fingerprint density at radius 2 is 2.06 bits per heavy atom. The molecule has 0 spiro atoms. The fraction of sp³-hybridized carbons (Fsp3) is 0.273. The summed E-state index contributed by atoms with van der Waals surface area (Å²) in [6, 6.07) is 3.63. The maximum atomic E-state index is 10.9. The van der Waals surface area contributed by atoms with E-state index in [1.807, 2.05) is 6.07 Å². The maximum absolute atomic E-state index is 10.9. The van der Waals surface area contributed by atoms with Gasteiger partial charge in [-0.2, -0.15) is 0 Å². The number of amides is 1. The van der Waals surface area contributed by atoms with Crippen molar-refractivity contribution in [3.8, 4) is 11.5 Å². The van der Waals surface area contributed by atoms with Crippen LogP contribution in [-0.4, -0.2) is 28.7 Å². The van der Waals surface area contributed by atoms with Gasteiger partial charge in [0.15, 0.2) is 11.5 Å². The van der Waals surface area contributed by atoms with E-state index in [1.54, 1.807) is 17.0 Å². The minimum absolute atomic E-state index is 0.107. The molecular weight excluding hydrogens is 222 g/mol. The summed E-state index contributed by atoms with van der Waals surface area (Å²) in [5.74, 6) is 0.960. The van der Waals surface area contributed by atoms with E-state index >= 15 is 0 Å². The van der Waals surface area contributed by atoms with E-state index in [9.17, 15) is 4.79 Å². The number of aromatic nitrogens is 2. The summed E-state index contributed by atoms with van der Waals surface area (Å²) in [6.07, 6.45) is 1.58. The van der Waals surface area contributed by atoms with Gasteiger partial charge in [0.2, 0.25) is 5.91 Å². The van der Waals surface area contributed by atoms with Crippen molar-refractivity contribution in [3.05, 3.63) is 18.5 Å². The molecule has 1 aromatic heterocycles. The number of hydrogen-bond acceptors (Lipinski definition) is 4. The third kappa shape index (κ3) is 1.67. The zero-order valence-electron chi connectivity index (χ0n) is 9.05. The van der Waals surface area contributed by atoms with Crippen LogP contribution in [0.15, 0.2) is 18.5 Å². The number of imidazole rings is 1. The molecule has 0 saturated carbocycles. The van der Waals surface area contributed by atoms with Crippen LogP contribution in [0.1, 0.15) is 0 Å². The number of rotatable bonds is 2. The molecule has 17 heavy (non-hydrogen) atoms. The first-order chi connectivity index (χ1) is 8.24. The van der Waals surface area contributed by atoms with Gasteiger partial charge in [-0.05, 0) is 0 Å². The van der Waals surface area contributed by atoms with Crippen molar-refractivity contribution in [2.75, 3.05) is 13.2 Å². The highest BCUT2D eigenvalue weighted by Gasteiger charge is 2.15. The van der Waals surface area contributed by atoms with Gasteiger partial charge in [0, 0.05) is 12.1 Å². The lowest BCUT2D eigenvalue weighted by Crippen LogP contribution is -2.18. The smallest absolute Gasteiger partial charge is 0.237 e. The molecule has 0 bridgehead atoms. The van der Waals surface area contributed by atoms with Crippen LogP contribution in [-0.2, 0) is 11.3 Å². The van der Waals surface area contributed by atoms with Crippen molar-refractivity contribution >= 4 is 16.9 Å². The molecule has 0 fully saturated rings. The number of primary amides is 1. The molecule has 3 rings (SSSR count). The van der Waals surface area contributed by atoms with E-state index in [-0.39, 0.29) is 6.54 Å². The van der Waals surface area contributed by atoms with Crippen LogP contribution in [0.2, 0.25) is 0 Å². The summed E-state index contributed by atoms with van der Waals surface area (Å²) in [5, 5.41) is 0. The second-order valence-electron chi connectivity index (χ2n) is 3.82. The summed E-state index contributed by atoms with van der Waals surface area (Å²) in [6.45, 7) is 1.18. The van der Waals surface area contributed by atoms with E-state index < -0.39 is 5.91 Å². The van der Waals surface area contributed by atoms with Gasteiger partial charge in [-0.3, -0.25) is 4.79 Å². The van der Waals surface area contributed by atoms with Gasteiger partial charge in [0.25, 0.3) is 0 Å². The van der Waals surface area contributed by atoms with Gasteiger partial charge < -0.3 is 19.8 Å². The highest BCUT2D eigenvalue weighted by Crippen LogP contribution is 2.33. The number of carbonyl (C=O) groups is 1. The molecule has 88 valence electrons. The molecule has 0 radical (unpaired) electrons. The monoisotopic (exact) mass is 233 g/mol. The van der Waals surface area contributed by atoms with Gasteiger partial charge >= 0.3 is 0 Å². The number of fused-ring (bicyclic) bond motifs is 2. The van der Waals surface area contributed by atoms with Crippen molar-refractivity contribution < 1.29 is 14.3 Å². The van der Waals surface area contributed by atoms with E-state index in [0.29, 0.717) is 24.7 Å². The predicted molar refractivity (Wildman–Crippen MR) is 59.9 cm³/mol. The molecular formula is C11H11N3O3. The minimum Gasteiger partial charge on any atom is -0.486 e. The zero-order chi connectivity index (χ0) is 11.8. The number of nitrogens with zero attached hydrogens (tertiary/aromatic N) is 2. The third-order valence-corrected chi connectivity index (χ3v) is 2.61. The van der Waals surface area contributed by atoms with Gasteiger partial charge in [-0.15, -0.1) is 0 Å². The van der Waals surface area contributed by atoms with Gasteiger partial charge in [0.1, 0.15) is 19.8 Å². The number of benzene rings is 1. The van der Waals surface area contributed by atoms with E-state index in [4.69, 9.17) is 15.2 Å². The molecule has 6 nitrogen and oxygen atoms in total. The molecule has 2 N–H and O–H groups in total. The maximum Gasteiger partial charge on any atom is 0.237 e. The van der Waals surface area contributed by atoms with E-state index in [0.717, 1.165) is 11.0 Å². The Kier molecular flexibility index (Phi) is 2.14. The molecule has 1 amide bonds. The van der Waals surface area contributed by atoms with Crippen LogP contribution in [0.5, 0.6) is 11.5 Å². The van der Waals surface area contributed by atoms with E-state index in [1.165, 1.54) is 0 Å². The summed E-state index contributed by atoms with van der Waals surface area (Å²) in [4.78, 5) is 15.1. The van der Waals surface area contributed by atoms with Crippen molar-refractivity contribution in [1.29, 1.82) is 0 Å². The molecule has 0 atom stereocenters. The Labute approximate surface area is 96.9 Å². The number of nitrogens with two attached hydrogens (primary N) is 1. The first-order valence-electron chi connectivity index (χ1n) is 5.27. The second-order valence-corrected chi connectivity index (χ2v) is 3.82. The first kappa shape index (κ1) is 9.95. The van der Waals surface area contributed by atoms with Crippen LogP contribution in [0, 0.1) is 0 Å². The first-order valence-corrected chi connectivity index (χ1v) is 5.27. The van der Waals surface area contributed by atoms with Gasteiger partial charge in [0.05, 0.1) is 17.4 Å². The third-order valence-electron chi connectivity index (χ3n) is 2.61. The Hall–Kier alpha value is -2.24. The fourth-order valence-corrected chi connectivity index (χ4v) is 1.89. The standard InChI is InChI=1S/C11H11N3O3/c12-11(15)5-14-6-13-7-3-9-10(4-8(7)14)17-2-1-16-9/h3-4,6H,1-2,5H2,(H2,12,15). The second kappa shape index (κ2) is 3.65. The number of carbonyl (C=O) groups excluding carboxylic acids is 1. The SMILES string of the molecule is NC(=O)Cn1cnc2cc3c(cc21)OCCO3. The average molecular weight is 233 g/mol. The molecule has 0 saturated heterocycles. The highest BCUT2D eigenvalue weighted by molar-refractivity contribution is 5.82. The van der Waals surface area contributed by atoms with Crippen molar-refractivity contribution in [3.63, 3.8) is 0 Å². The zero-order valence-corrected chi connectivity index (χ0v) is 9.05. The Morgan fingerprint density at radius 1 is 1.35 bits per heavy atom. The Balaban J connectivity index is 2.12. The van der Waals surface area contributed by atoms with Gasteiger partial charge in [-0.25, -0.2) is 4.98 Å². The van der Waals surface area contributed by atoms with Crippen LogP contribution in [0.4, 0.5) is 0 Å². The lowest BCUT2D eigenvalue weighted by atomic mass is 10.2. The van der Waals surface area contributed by atoms with Crippen LogP contribution >= 0.6 is 0 Å². The molecule has 1 aliphatic rings. The molecule has 2 aromatic rings. The van der Waals surface area contributed by atoms with Crippen molar-refractivity contribution in [2.45, 2.75) is 6.54 Å². The summed E-state index contributed by atoms with van der Waals surface area (Å²) < 4.78 is 12.6. The van der Waals surface area contributed by atoms with E-state index in [2.05, 4.69) is 4.98 Å². The fourth-order valence-electron chi connectivity index (χ4n) is 1.89. The topological polar surface area (TPSA) is 79.4 Å². The lowest BCUT2D eigenvalue weighted by Gasteiger charge is -2.18. The average Bonchev–Trinajstić information content (AvgIpc) is 2.68. The molecule has 2 heterocycles. The Morgan fingerprint density at radius 3 is 2.76 bits per heavy atom.